The molecule has 3 N–H and O–H groups in total. The first-order chi connectivity index (χ1) is 9.40. The summed E-state index contributed by atoms with van der Waals surface area (Å²) in [6.07, 6.45) is 0. The van der Waals surface area contributed by atoms with Crippen LogP contribution in [0.1, 0.15) is 21.5 Å². The molecule has 0 aliphatic rings. The van der Waals surface area contributed by atoms with Crippen LogP contribution in [0, 0.1) is 25.5 Å². The second kappa shape index (κ2) is 5.28. The van der Waals surface area contributed by atoms with Gasteiger partial charge in [0.25, 0.3) is 5.91 Å². The van der Waals surface area contributed by atoms with Gasteiger partial charge in [-0.1, -0.05) is 12.1 Å². The molecule has 0 saturated carbocycles. The molecule has 0 radical (unpaired) electrons. The van der Waals surface area contributed by atoms with Crippen molar-refractivity contribution in [3.8, 4) is 0 Å². The van der Waals surface area contributed by atoms with Gasteiger partial charge < -0.3 is 11.1 Å². The number of hydrogen-bond donors (Lipinski definition) is 2. The number of benzene rings is 2. The summed E-state index contributed by atoms with van der Waals surface area (Å²) < 4.78 is 27.5. The van der Waals surface area contributed by atoms with E-state index in [0.717, 1.165) is 11.6 Å². The Morgan fingerprint density at radius 1 is 1.10 bits per heavy atom. The lowest BCUT2D eigenvalue weighted by Gasteiger charge is -2.11. The molecular weight excluding hydrogens is 262 g/mol. The molecule has 0 aromatic heterocycles. The molecule has 0 aliphatic carbocycles. The van der Waals surface area contributed by atoms with Gasteiger partial charge in [-0.2, -0.15) is 0 Å². The van der Waals surface area contributed by atoms with Crippen molar-refractivity contribution >= 4 is 17.3 Å². The minimum absolute atomic E-state index is 0.209. The molecule has 0 heterocycles. The van der Waals surface area contributed by atoms with Crippen molar-refractivity contribution in [2.45, 2.75) is 13.8 Å². The zero-order chi connectivity index (χ0) is 14.9. The SMILES string of the molecule is Cc1ccc(N)cc1NC(=O)c1c(F)ccc(C)c1F. The summed E-state index contributed by atoms with van der Waals surface area (Å²) in [5, 5.41) is 2.48. The van der Waals surface area contributed by atoms with Crippen molar-refractivity contribution in [3.63, 3.8) is 0 Å². The molecule has 0 atom stereocenters. The van der Waals surface area contributed by atoms with Gasteiger partial charge in [-0.05, 0) is 43.2 Å². The highest BCUT2D eigenvalue weighted by Gasteiger charge is 2.19. The third kappa shape index (κ3) is 2.61. The van der Waals surface area contributed by atoms with Crippen LogP contribution in [-0.2, 0) is 0 Å². The van der Waals surface area contributed by atoms with E-state index in [0.29, 0.717) is 11.4 Å². The number of hydrogen-bond acceptors (Lipinski definition) is 2. The van der Waals surface area contributed by atoms with Gasteiger partial charge in [0.1, 0.15) is 17.2 Å². The maximum Gasteiger partial charge on any atom is 0.261 e. The van der Waals surface area contributed by atoms with E-state index in [4.69, 9.17) is 5.73 Å². The lowest BCUT2D eigenvalue weighted by molar-refractivity contribution is 0.101. The third-order valence-electron chi connectivity index (χ3n) is 3.02. The maximum absolute atomic E-state index is 13.9. The Kier molecular flexibility index (Phi) is 3.70. The number of halogens is 2. The number of anilines is 2. The van der Waals surface area contributed by atoms with E-state index in [1.807, 2.05) is 0 Å². The average Bonchev–Trinajstić information content (AvgIpc) is 2.39. The monoisotopic (exact) mass is 276 g/mol. The van der Waals surface area contributed by atoms with Gasteiger partial charge in [-0.25, -0.2) is 8.78 Å². The molecule has 0 bridgehead atoms. The second-order valence-corrected chi connectivity index (χ2v) is 4.58. The summed E-state index contributed by atoms with van der Waals surface area (Å²) in [5.74, 6) is -2.59. The van der Waals surface area contributed by atoms with Gasteiger partial charge in [0, 0.05) is 11.4 Å². The predicted molar refractivity (Wildman–Crippen MR) is 74.6 cm³/mol. The van der Waals surface area contributed by atoms with Gasteiger partial charge in [0.2, 0.25) is 0 Å². The van der Waals surface area contributed by atoms with Crippen molar-refractivity contribution in [2.75, 3.05) is 11.1 Å². The fourth-order valence-corrected chi connectivity index (χ4v) is 1.82. The maximum atomic E-state index is 13.9. The molecule has 20 heavy (non-hydrogen) atoms. The van der Waals surface area contributed by atoms with E-state index in [2.05, 4.69) is 5.32 Å². The summed E-state index contributed by atoms with van der Waals surface area (Å²) in [5.41, 5.74) is 6.88. The zero-order valence-electron chi connectivity index (χ0n) is 11.1. The molecule has 0 aliphatic heterocycles. The van der Waals surface area contributed by atoms with Crippen LogP contribution in [0.2, 0.25) is 0 Å². The van der Waals surface area contributed by atoms with Crippen molar-refractivity contribution in [1.29, 1.82) is 0 Å². The normalized spacial score (nSPS) is 10.4. The summed E-state index contributed by atoms with van der Waals surface area (Å²) >= 11 is 0. The summed E-state index contributed by atoms with van der Waals surface area (Å²) in [7, 11) is 0. The van der Waals surface area contributed by atoms with Gasteiger partial charge in [-0.3, -0.25) is 4.79 Å². The van der Waals surface area contributed by atoms with E-state index in [1.165, 1.54) is 13.0 Å². The standard InChI is InChI=1S/C15H14F2N2O/c1-8-3-5-10(18)7-12(8)19-15(20)13-11(16)6-4-9(2)14(13)17/h3-7H,18H2,1-2H3,(H,19,20). The number of carbonyl (C=O) groups excluding carboxylic acids is 1. The molecule has 2 aromatic rings. The van der Waals surface area contributed by atoms with E-state index in [9.17, 15) is 13.6 Å². The Balaban J connectivity index is 2.38. The molecule has 0 spiro atoms. The van der Waals surface area contributed by atoms with Crippen molar-refractivity contribution in [2.24, 2.45) is 0 Å². The zero-order valence-corrected chi connectivity index (χ0v) is 11.1. The molecule has 3 nitrogen and oxygen atoms in total. The minimum atomic E-state index is -0.896. The Bertz CT molecular complexity index is 684. The van der Waals surface area contributed by atoms with Gasteiger partial charge in [-0.15, -0.1) is 0 Å². The molecule has 104 valence electrons. The number of carbonyl (C=O) groups is 1. The van der Waals surface area contributed by atoms with Crippen LogP contribution in [0.4, 0.5) is 20.2 Å². The molecule has 0 saturated heterocycles. The van der Waals surface area contributed by atoms with E-state index >= 15 is 0 Å². The minimum Gasteiger partial charge on any atom is -0.399 e. The molecule has 5 heteroatoms. The van der Waals surface area contributed by atoms with Gasteiger partial charge in [0.15, 0.2) is 0 Å². The summed E-state index contributed by atoms with van der Waals surface area (Å²) in [6.45, 7) is 3.23. The first-order valence-electron chi connectivity index (χ1n) is 6.02. The highest BCUT2D eigenvalue weighted by molar-refractivity contribution is 6.05. The van der Waals surface area contributed by atoms with Crippen LogP contribution in [0.25, 0.3) is 0 Å². The van der Waals surface area contributed by atoms with E-state index < -0.39 is 23.1 Å². The Morgan fingerprint density at radius 3 is 2.45 bits per heavy atom. The van der Waals surface area contributed by atoms with E-state index in [1.54, 1.807) is 25.1 Å². The fraction of sp³-hybridized carbons (Fsp3) is 0.133. The van der Waals surface area contributed by atoms with Crippen LogP contribution in [0.5, 0.6) is 0 Å². The lowest BCUT2D eigenvalue weighted by atomic mass is 10.1. The molecule has 2 rings (SSSR count). The van der Waals surface area contributed by atoms with Crippen LogP contribution < -0.4 is 11.1 Å². The Labute approximate surface area is 115 Å². The van der Waals surface area contributed by atoms with Crippen molar-refractivity contribution in [3.05, 3.63) is 58.7 Å². The molecule has 2 aromatic carbocycles. The van der Waals surface area contributed by atoms with Crippen LogP contribution >= 0.6 is 0 Å². The predicted octanol–water partition coefficient (Wildman–Crippen LogP) is 3.42. The average molecular weight is 276 g/mol. The number of nitrogens with two attached hydrogens (primary N) is 1. The van der Waals surface area contributed by atoms with Gasteiger partial charge >= 0.3 is 0 Å². The number of nitrogens with one attached hydrogen (secondary N) is 1. The highest BCUT2D eigenvalue weighted by atomic mass is 19.1. The lowest BCUT2D eigenvalue weighted by Crippen LogP contribution is -2.17. The summed E-state index contributed by atoms with van der Waals surface area (Å²) in [6, 6.07) is 7.29. The Morgan fingerprint density at radius 2 is 1.75 bits per heavy atom. The highest BCUT2D eigenvalue weighted by Crippen LogP contribution is 2.21. The third-order valence-corrected chi connectivity index (χ3v) is 3.02. The quantitative estimate of drug-likeness (QED) is 0.826. The topological polar surface area (TPSA) is 55.1 Å². The summed E-state index contributed by atoms with van der Waals surface area (Å²) in [4.78, 5) is 12.0. The largest absolute Gasteiger partial charge is 0.399 e. The van der Waals surface area contributed by atoms with Crippen LogP contribution in [-0.4, -0.2) is 5.91 Å². The first kappa shape index (κ1) is 14.0. The molecular formula is C15H14F2N2O. The Hall–Kier alpha value is -2.43. The fourth-order valence-electron chi connectivity index (χ4n) is 1.82. The van der Waals surface area contributed by atoms with Crippen molar-refractivity contribution in [1.82, 2.24) is 0 Å². The number of rotatable bonds is 2. The molecule has 0 unspecified atom stereocenters. The smallest absolute Gasteiger partial charge is 0.261 e. The number of amides is 1. The second-order valence-electron chi connectivity index (χ2n) is 4.58. The van der Waals surface area contributed by atoms with Crippen LogP contribution in [0.3, 0.4) is 0 Å². The van der Waals surface area contributed by atoms with Crippen LogP contribution in [0.15, 0.2) is 30.3 Å². The number of nitrogen functional groups attached to an aromatic ring is 1. The van der Waals surface area contributed by atoms with Gasteiger partial charge in [0.05, 0.1) is 0 Å². The first-order valence-corrected chi connectivity index (χ1v) is 6.02. The van der Waals surface area contributed by atoms with Crippen molar-refractivity contribution < 1.29 is 13.6 Å². The molecule has 1 amide bonds. The number of aryl methyl sites for hydroxylation is 2. The van der Waals surface area contributed by atoms with E-state index in [-0.39, 0.29) is 5.56 Å². The molecule has 0 fully saturated rings.